The Labute approximate surface area is 92.6 Å². The molecule has 0 aromatic heterocycles. The number of nitrogens with zero attached hydrogens (tertiary/aromatic N) is 1. The van der Waals surface area contributed by atoms with Crippen LogP contribution in [0.5, 0.6) is 0 Å². The van der Waals surface area contributed by atoms with E-state index in [1.807, 2.05) is 0 Å². The molecule has 0 heterocycles. The molecule has 5 heteroatoms. The molecule has 0 bridgehead atoms. The summed E-state index contributed by atoms with van der Waals surface area (Å²) >= 11 is 5.74. The minimum absolute atomic E-state index is 0.247. The Hall–Kier alpha value is -0.870. The van der Waals surface area contributed by atoms with Gasteiger partial charge in [-0.25, -0.2) is 8.78 Å². The van der Waals surface area contributed by atoms with Crippen molar-refractivity contribution in [2.45, 2.75) is 13.0 Å². The van der Waals surface area contributed by atoms with Gasteiger partial charge in [0.25, 0.3) is 6.43 Å². The first-order chi connectivity index (χ1) is 6.99. The van der Waals surface area contributed by atoms with E-state index < -0.39 is 6.43 Å². The van der Waals surface area contributed by atoms with Gasteiger partial charge in [-0.1, -0.05) is 17.7 Å². The van der Waals surface area contributed by atoms with Crippen LogP contribution in [0.1, 0.15) is 5.56 Å². The zero-order valence-corrected chi connectivity index (χ0v) is 9.14. The van der Waals surface area contributed by atoms with Crippen molar-refractivity contribution in [3.8, 4) is 0 Å². The van der Waals surface area contributed by atoms with Gasteiger partial charge in [-0.2, -0.15) is 0 Å². The van der Waals surface area contributed by atoms with E-state index in [0.717, 1.165) is 5.56 Å². The summed E-state index contributed by atoms with van der Waals surface area (Å²) in [7, 11) is 1.64. The fraction of sp³-hybridized carbons (Fsp3) is 0.400. The molecule has 1 rings (SSSR count). The maximum atomic E-state index is 12.0. The lowest BCUT2D eigenvalue weighted by Crippen LogP contribution is -2.24. The Morgan fingerprint density at radius 3 is 2.67 bits per heavy atom. The first kappa shape index (κ1) is 12.2. The predicted octanol–water partition coefficient (Wildman–Crippen LogP) is 2.62. The van der Waals surface area contributed by atoms with Crippen LogP contribution in [0.4, 0.5) is 14.5 Å². The molecule has 0 aliphatic carbocycles. The van der Waals surface area contributed by atoms with Crippen LogP contribution in [0, 0.1) is 0 Å². The fourth-order valence-electron chi connectivity index (χ4n) is 1.30. The summed E-state index contributed by atoms with van der Waals surface area (Å²) in [6, 6.07) is 5.15. The Balaban J connectivity index is 2.60. The molecular weight excluding hydrogens is 222 g/mol. The second-order valence-electron chi connectivity index (χ2n) is 3.44. The summed E-state index contributed by atoms with van der Waals surface area (Å²) in [6.45, 7) is 0.189. The lowest BCUT2D eigenvalue weighted by Gasteiger charge is -2.16. The molecule has 15 heavy (non-hydrogen) atoms. The molecule has 0 amide bonds. The maximum absolute atomic E-state index is 12.0. The normalized spacial score (nSPS) is 11.3. The van der Waals surface area contributed by atoms with Crippen molar-refractivity contribution in [3.05, 3.63) is 28.8 Å². The standard InChI is InChI=1S/C10H13ClF2N2/c1-15(6-10(12)13)5-7-2-3-8(11)9(14)4-7/h2-4,10H,5-6,14H2,1H3. The lowest BCUT2D eigenvalue weighted by molar-refractivity contribution is 0.0976. The van der Waals surface area contributed by atoms with Gasteiger partial charge in [-0.15, -0.1) is 0 Å². The molecule has 1 aromatic rings. The third-order valence-corrected chi connectivity index (χ3v) is 2.31. The highest BCUT2D eigenvalue weighted by Crippen LogP contribution is 2.20. The van der Waals surface area contributed by atoms with Gasteiger partial charge in [0.15, 0.2) is 0 Å². The molecule has 84 valence electrons. The lowest BCUT2D eigenvalue weighted by atomic mass is 10.2. The van der Waals surface area contributed by atoms with Gasteiger partial charge in [-0.05, 0) is 24.7 Å². The Morgan fingerprint density at radius 2 is 2.13 bits per heavy atom. The number of hydrogen-bond donors (Lipinski definition) is 1. The van der Waals surface area contributed by atoms with Crippen LogP contribution in [0.3, 0.4) is 0 Å². The zero-order valence-electron chi connectivity index (χ0n) is 8.38. The molecule has 0 spiro atoms. The highest BCUT2D eigenvalue weighted by Gasteiger charge is 2.08. The van der Waals surface area contributed by atoms with E-state index in [9.17, 15) is 8.78 Å². The van der Waals surface area contributed by atoms with E-state index in [1.165, 1.54) is 4.90 Å². The van der Waals surface area contributed by atoms with Crippen LogP contribution in [0.15, 0.2) is 18.2 Å². The molecule has 0 atom stereocenters. The van der Waals surface area contributed by atoms with Gasteiger partial charge in [0.1, 0.15) is 0 Å². The van der Waals surface area contributed by atoms with Gasteiger partial charge >= 0.3 is 0 Å². The van der Waals surface area contributed by atoms with Crippen molar-refractivity contribution in [3.63, 3.8) is 0 Å². The molecule has 2 N–H and O–H groups in total. The number of nitrogens with two attached hydrogens (primary N) is 1. The SMILES string of the molecule is CN(Cc1ccc(Cl)c(N)c1)CC(F)F. The minimum atomic E-state index is -2.32. The fourth-order valence-corrected chi connectivity index (χ4v) is 1.42. The number of hydrogen-bond acceptors (Lipinski definition) is 2. The third-order valence-electron chi connectivity index (χ3n) is 1.96. The van der Waals surface area contributed by atoms with E-state index >= 15 is 0 Å². The quantitative estimate of drug-likeness (QED) is 0.812. The van der Waals surface area contributed by atoms with Crippen molar-refractivity contribution < 1.29 is 8.78 Å². The molecule has 0 aliphatic heterocycles. The van der Waals surface area contributed by atoms with Crippen LogP contribution >= 0.6 is 11.6 Å². The maximum Gasteiger partial charge on any atom is 0.251 e. The Morgan fingerprint density at radius 1 is 1.47 bits per heavy atom. The zero-order chi connectivity index (χ0) is 11.4. The molecule has 1 aromatic carbocycles. The van der Waals surface area contributed by atoms with Crippen LogP contribution in [-0.4, -0.2) is 24.9 Å². The summed E-state index contributed by atoms with van der Waals surface area (Å²) in [4.78, 5) is 1.54. The topological polar surface area (TPSA) is 29.3 Å². The van der Waals surface area contributed by atoms with Gasteiger partial charge in [0.2, 0.25) is 0 Å². The van der Waals surface area contributed by atoms with E-state index in [-0.39, 0.29) is 6.54 Å². The van der Waals surface area contributed by atoms with Crippen LogP contribution < -0.4 is 5.73 Å². The summed E-state index contributed by atoms with van der Waals surface area (Å²) in [5.41, 5.74) is 6.95. The number of nitrogen functional groups attached to an aromatic ring is 1. The molecular formula is C10H13ClF2N2. The molecule has 0 fully saturated rings. The minimum Gasteiger partial charge on any atom is -0.398 e. The van der Waals surface area contributed by atoms with E-state index in [4.69, 9.17) is 17.3 Å². The van der Waals surface area contributed by atoms with Crippen molar-refractivity contribution in [2.75, 3.05) is 19.3 Å². The number of anilines is 1. The van der Waals surface area contributed by atoms with Crippen molar-refractivity contribution in [1.29, 1.82) is 0 Å². The highest BCUT2D eigenvalue weighted by atomic mass is 35.5. The average Bonchev–Trinajstić information content (AvgIpc) is 2.10. The van der Waals surface area contributed by atoms with E-state index in [2.05, 4.69) is 0 Å². The number of rotatable bonds is 4. The average molecular weight is 235 g/mol. The molecule has 0 radical (unpaired) electrons. The van der Waals surface area contributed by atoms with Crippen LogP contribution in [-0.2, 0) is 6.54 Å². The van der Waals surface area contributed by atoms with Gasteiger partial charge in [0, 0.05) is 6.54 Å². The molecule has 2 nitrogen and oxygen atoms in total. The largest absolute Gasteiger partial charge is 0.398 e. The van der Waals surface area contributed by atoms with Crippen LogP contribution in [0.2, 0.25) is 5.02 Å². The van der Waals surface area contributed by atoms with Crippen molar-refractivity contribution in [2.24, 2.45) is 0 Å². The van der Waals surface area contributed by atoms with Gasteiger partial charge < -0.3 is 5.73 Å². The second-order valence-corrected chi connectivity index (χ2v) is 3.85. The summed E-state index contributed by atoms with van der Waals surface area (Å²) < 4.78 is 24.1. The molecule has 0 aliphatic rings. The molecule has 0 saturated heterocycles. The first-order valence-electron chi connectivity index (χ1n) is 4.49. The van der Waals surface area contributed by atoms with Crippen molar-refractivity contribution in [1.82, 2.24) is 4.90 Å². The third kappa shape index (κ3) is 4.01. The molecule has 0 saturated carbocycles. The Bertz CT molecular complexity index is 331. The monoisotopic (exact) mass is 234 g/mol. The van der Waals surface area contributed by atoms with Gasteiger partial charge in [0.05, 0.1) is 17.3 Å². The van der Waals surface area contributed by atoms with E-state index in [0.29, 0.717) is 17.3 Å². The second kappa shape index (κ2) is 5.28. The van der Waals surface area contributed by atoms with E-state index in [1.54, 1.807) is 25.2 Å². The smallest absolute Gasteiger partial charge is 0.251 e. The summed E-state index contributed by atoms with van der Waals surface area (Å²) in [5, 5.41) is 0.482. The number of halogens is 3. The number of alkyl halides is 2. The Kier molecular flexibility index (Phi) is 4.29. The summed E-state index contributed by atoms with van der Waals surface area (Å²) in [5.74, 6) is 0. The summed E-state index contributed by atoms with van der Waals surface area (Å²) in [6.07, 6.45) is -2.32. The molecule has 0 unspecified atom stereocenters. The highest BCUT2D eigenvalue weighted by molar-refractivity contribution is 6.33. The first-order valence-corrected chi connectivity index (χ1v) is 4.87. The predicted molar refractivity (Wildman–Crippen MR) is 58.2 cm³/mol. The van der Waals surface area contributed by atoms with Crippen molar-refractivity contribution >= 4 is 17.3 Å². The van der Waals surface area contributed by atoms with Gasteiger partial charge in [-0.3, -0.25) is 4.90 Å². The van der Waals surface area contributed by atoms with Crippen LogP contribution in [0.25, 0.3) is 0 Å². The number of benzene rings is 1.